The molecule has 0 atom stereocenters. The summed E-state index contributed by atoms with van der Waals surface area (Å²) in [7, 11) is 1.48. The topological polar surface area (TPSA) is 76.1 Å². The fourth-order valence-corrected chi connectivity index (χ4v) is 2.64. The molecule has 0 fully saturated rings. The Hall–Kier alpha value is -1.12. The normalized spacial score (nSPS) is 10.2. The summed E-state index contributed by atoms with van der Waals surface area (Å²) in [6.45, 7) is -0.155. The van der Waals surface area contributed by atoms with Gasteiger partial charge in [-0.15, -0.1) is 0 Å². The van der Waals surface area contributed by atoms with Gasteiger partial charge in [0.05, 0.1) is 11.1 Å². The number of hydrogen-bond donors (Lipinski definition) is 1. The van der Waals surface area contributed by atoms with E-state index in [1.54, 1.807) is 18.2 Å². The van der Waals surface area contributed by atoms with Gasteiger partial charge in [0.25, 0.3) is 5.91 Å². The Morgan fingerprint density at radius 2 is 2.05 bits per heavy atom. The summed E-state index contributed by atoms with van der Waals surface area (Å²) in [5.41, 5.74) is 0. The van der Waals surface area contributed by atoms with Crippen LogP contribution in [0.3, 0.4) is 0 Å². The van der Waals surface area contributed by atoms with Gasteiger partial charge in [-0.2, -0.15) is 0 Å². The number of amides is 1. The lowest BCUT2D eigenvalue weighted by atomic mass is 10.3. The van der Waals surface area contributed by atoms with Gasteiger partial charge in [0.2, 0.25) is 0 Å². The van der Waals surface area contributed by atoms with Crippen molar-refractivity contribution in [1.29, 1.82) is 0 Å². The van der Waals surface area contributed by atoms with Gasteiger partial charge in [-0.1, -0.05) is 15.9 Å². The maximum absolute atomic E-state index is 12.0. The average Bonchev–Trinajstić information content (AvgIpc) is 2.41. The Labute approximate surface area is 139 Å². The van der Waals surface area contributed by atoms with Crippen molar-refractivity contribution >= 4 is 43.7 Å². The molecule has 0 spiro atoms. The lowest BCUT2D eigenvalue weighted by Crippen LogP contribution is -2.40. The summed E-state index contributed by atoms with van der Waals surface area (Å²) in [5.74, 6) is -0.984. The van der Waals surface area contributed by atoms with Gasteiger partial charge >= 0.3 is 5.97 Å². The molecular formula is C13H15Br2NO5. The molecule has 0 unspecified atom stereocenters. The van der Waals surface area contributed by atoms with E-state index in [0.717, 1.165) is 4.47 Å². The quantitative estimate of drug-likeness (QED) is 0.691. The first-order valence-electron chi connectivity index (χ1n) is 6.00. The van der Waals surface area contributed by atoms with Crippen molar-refractivity contribution in [2.24, 2.45) is 0 Å². The summed E-state index contributed by atoms with van der Waals surface area (Å²) in [5, 5.41) is 8.80. The minimum atomic E-state index is -1.08. The third kappa shape index (κ3) is 6.45. The van der Waals surface area contributed by atoms with Crippen molar-refractivity contribution in [3.05, 3.63) is 27.1 Å². The molecule has 0 aliphatic carbocycles. The zero-order chi connectivity index (χ0) is 15.8. The van der Waals surface area contributed by atoms with Crippen molar-refractivity contribution in [2.75, 3.05) is 33.4 Å². The highest BCUT2D eigenvalue weighted by atomic mass is 79.9. The Morgan fingerprint density at radius 1 is 1.33 bits per heavy atom. The number of carboxylic acids is 1. The van der Waals surface area contributed by atoms with E-state index in [2.05, 4.69) is 31.9 Å². The minimum Gasteiger partial charge on any atom is -0.483 e. The average molecular weight is 425 g/mol. The molecule has 0 saturated heterocycles. The largest absolute Gasteiger partial charge is 0.483 e. The van der Waals surface area contributed by atoms with Crippen LogP contribution >= 0.6 is 31.9 Å². The molecule has 0 aromatic heterocycles. The zero-order valence-electron chi connectivity index (χ0n) is 11.3. The predicted molar refractivity (Wildman–Crippen MR) is 83.4 cm³/mol. The molecule has 116 valence electrons. The number of rotatable bonds is 8. The van der Waals surface area contributed by atoms with E-state index >= 15 is 0 Å². The number of carbonyl (C=O) groups excluding carboxylic acids is 1. The lowest BCUT2D eigenvalue weighted by Gasteiger charge is -2.20. The number of carboxylic acid groups (broad SMARTS) is 1. The van der Waals surface area contributed by atoms with Crippen LogP contribution in [-0.2, 0) is 14.3 Å². The standard InChI is InChI=1S/C13H15Br2NO5/c1-20-5-4-16(7-13(18)19)12(17)8-21-11-3-2-9(14)6-10(11)15/h2-3,6H,4-5,7-8H2,1H3,(H,18,19). The molecule has 1 rings (SSSR count). The molecule has 21 heavy (non-hydrogen) atoms. The van der Waals surface area contributed by atoms with Crippen LogP contribution in [-0.4, -0.2) is 55.3 Å². The molecule has 0 bridgehead atoms. The summed E-state index contributed by atoms with van der Waals surface area (Å²) in [6.07, 6.45) is 0. The highest BCUT2D eigenvalue weighted by Crippen LogP contribution is 2.28. The summed E-state index contributed by atoms with van der Waals surface area (Å²) >= 11 is 6.64. The number of nitrogens with zero attached hydrogens (tertiary/aromatic N) is 1. The van der Waals surface area contributed by atoms with Crippen LogP contribution in [0.5, 0.6) is 5.75 Å². The van der Waals surface area contributed by atoms with Crippen LogP contribution in [0, 0.1) is 0 Å². The summed E-state index contributed by atoms with van der Waals surface area (Å²) in [6, 6.07) is 5.28. The number of methoxy groups -OCH3 is 1. The molecule has 1 amide bonds. The first-order valence-corrected chi connectivity index (χ1v) is 7.59. The molecular weight excluding hydrogens is 410 g/mol. The monoisotopic (exact) mass is 423 g/mol. The molecule has 0 radical (unpaired) electrons. The molecule has 1 aromatic carbocycles. The first kappa shape index (κ1) is 17.9. The molecule has 0 saturated carbocycles. The number of benzene rings is 1. The van der Waals surface area contributed by atoms with Crippen LogP contribution in [0.1, 0.15) is 0 Å². The Balaban J connectivity index is 2.61. The van der Waals surface area contributed by atoms with Crippen molar-refractivity contribution < 1.29 is 24.2 Å². The summed E-state index contributed by atoms with van der Waals surface area (Å²) < 4.78 is 11.8. The highest BCUT2D eigenvalue weighted by Gasteiger charge is 2.17. The molecule has 6 nitrogen and oxygen atoms in total. The molecule has 8 heteroatoms. The van der Waals surface area contributed by atoms with Gasteiger partial charge in [-0.25, -0.2) is 0 Å². The highest BCUT2D eigenvalue weighted by molar-refractivity contribution is 9.11. The third-order valence-corrected chi connectivity index (χ3v) is 3.60. The van der Waals surface area contributed by atoms with Crippen molar-refractivity contribution in [3.63, 3.8) is 0 Å². The van der Waals surface area contributed by atoms with Crippen LogP contribution in [0.4, 0.5) is 0 Å². The Kier molecular flexibility index (Phi) is 7.69. The first-order chi connectivity index (χ1) is 9.93. The van der Waals surface area contributed by atoms with Crippen LogP contribution < -0.4 is 4.74 Å². The second kappa shape index (κ2) is 9.01. The van der Waals surface area contributed by atoms with Crippen molar-refractivity contribution in [2.45, 2.75) is 0 Å². The smallest absolute Gasteiger partial charge is 0.323 e. The van der Waals surface area contributed by atoms with Gasteiger partial charge in [-0.05, 0) is 34.1 Å². The number of aliphatic carboxylic acids is 1. The van der Waals surface area contributed by atoms with Crippen molar-refractivity contribution in [3.8, 4) is 5.75 Å². The maximum atomic E-state index is 12.0. The molecule has 0 heterocycles. The molecule has 1 N–H and O–H groups in total. The van der Waals surface area contributed by atoms with Gasteiger partial charge in [0, 0.05) is 18.1 Å². The van der Waals surface area contributed by atoms with E-state index in [1.165, 1.54) is 12.0 Å². The van der Waals surface area contributed by atoms with Crippen LogP contribution in [0.25, 0.3) is 0 Å². The Bertz CT molecular complexity index is 509. The number of carbonyl (C=O) groups is 2. The van der Waals surface area contributed by atoms with Gasteiger partial charge in [0.15, 0.2) is 6.61 Å². The van der Waals surface area contributed by atoms with Crippen molar-refractivity contribution in [1.82, 2.24) is 4.90 Å². The SMILES string of the molecule is COCCN(CC(=O)O)C(=O)COc1ccc(Br)cc1Br. The van der Waals surface area contributed by atoms with E-state index in [9.17, 15) is 9.59 Å². The van der Waals surface area contributed by atoms with E-state index in [1.807, 2.05) is 0 Å². The fourth-order valence-electron chi connectivity index (χ4n) is 1.48. The number of ether oxygens (including phenoxy) is 2. The molecule has 0 aliphatic rings. The van der Waals surface area contributed by atoms with Crippen LogP contribution in [0.2, 0.25) is 0 Å². The molecule has 0 aliphatic heterocycles. The van der Waals surface area contributed by atoms with E-state index < -0.39 is 11.9 Å². The second-order valence-corrected chi connectivity index (χ2v) is 5.84. The predicted octanol–water partition coefficient (Wildman–Crippen LogP) is 2.15. The molecule has 1 aromatic rings. The minimum absolute atomic E-state index is 0.201. The lowest BCUT2D eigenvalue weighted by molar-refractivity contribution is -0.145. The summed E-state index contributed by atoms with van der Waals surface area (Å²) in [4.78, 5) is 23.9. The Morgan fingerprint density at radius 3 is 2.62 bits per heavy atom. The van der Waals surface area contributed by atoms with Gasteiger partial charge in [0.1, 0.15) is 12.3 Å². The van der Waals surface area contributed by atoms with Gasteiger partial charge < -0.3 is 19.5 Å². The fraction of sp³-hybridized carbons (Fsp3) is 0.385. The second-order valence-electron chi connectivity index (χ2n) is 4.07. The maximum Gasteiger partial charge on any atom is 0.323 e. The number of hydrogen-bond acceptors (Lipinski definition) is 4. The van der Waals surface area contributed by atoms with E-state index in [0.29, 0.717) is 10.2 Å². The van der Waals surface area contributed by atoms with Gasteiger partial charge in [-0.3, -0.25) is 9.59 Å². The van der Waals surface area contributed by atoms with Crippen LogP contribution in [0.15, 0.2) is 27.1 Å². The zero-order valence-corrected chi connectivity index (χ0v) is 14.5. The third-order valence-electron chi connectivity index (χ3n) is 2.49. The number of halogens is 2. The van der Waals surface area contributed by atoms with E-state index in [-0.39, 0.29) is 26.3 Å². The van der Waals surface area contributed by atoms with E-state index in [4.69, 9.17) is 14.6 Å².